The number of nitrogens with one attached hydrogen (secondary N) is 1. The summed E-state index contributed by atoms with van der Waals surface area (Å²) in [5, 5.41) is 4.27. The Balaban J connectivity index is 1.51. The SMILES string of the molecule is O=C(CSC1=NC2(CCCCCC2)N=C1c1ccc(Cl)cc1)Nc1ccc(F)cc1. The molecule has 1 spiro atoms. The van der Waals surface area contributed by atoms with E-state index in [9.17, 15) is 9.18 Å². The minimum Gasteiger partial charge on any atom is -0.325 e. The van der Waals surface area contributed by atoms with Crippen molar-refractivity contribution >= 4 is 45.7 Å². The highest BCUT2D eigenvalue weighted by Gasteiger charge is 2.37. The molecule has 2 aromatic carbocycles. The molecule has 1 aliphatic carbocycles. The van der Waals surface area contributed by atoms with Gasteiger partial charge < -0.3 is 5.32 Å². The van der Waals surface area contributed by atoms with Crippen molar-refractivity contribution < 1.29 is 9.18 Å². The summed E-state index contributed by atoms with van der Waals surface area (Å²) >= 11 is 7.45. The lowest BCUT2D eigenvalue weighted by Crippen LogP contribution is -2.20. The Bertz CT molecular complexity index is 965. The van der Waals surface area contributed by atoms with Gasteiger partial charge in [0.15, 0.2) is 5.66 Å². The van der Waals surface area contributed by atoms with Crippen LogP contribution in [0.25, 0.3) is 0 Å². The largest absolute Gasteiger partial charge is 0.325 e. The van der Waals surface area contributed by atoms with Gasteiger partial charge in [0.2, 0.25) is 5.91 Å². The van der Waals surface area contributed by atoms with Crippen molar-refractivity contribution in [3.05, 3.63) is 64.9 Å². The molecule has 2 aliphatic rings. The highest BCUT2D eigenvalue weighted by atomic mass is 35.5. The van der Waals surface area contributed by atoms with E-state index in [4.69, 9.17) is 21.6 Å². The summed E-state index contributed by atoms with van der Waals surface area (Å²) in [5.74, 6) is -0.286. The Kier molecular flexibility index (Phi) is 6.54. The minimum absolute atomic E-state index is 0.161. The van der Waals surface area contributed by atoms with Gasteiger partial charge in [-0.15, -0.1) is 0 Å². The second-order valence-electron chi connectivity index (χ2n) is 7.62. The molecule has 0 atom stereocenters. The van der Waals surface area contributed by atoms with Crippen LogP contribution in [0.15, 0.2) is 58.5 Å². The fourth-order valence-electron chi connectivity index (χ4n) is 3.80. The summed E-state index contributed by atoms with van der Waals surface area (Å²) in [6, 6.07) is 13.3. The molecule has 0 aromatic heterocycles. The number of nitrogens with zero attached hydrogens (tertiary/aromatic N) is 2. The number of aliphatic imine (C=N–C) groups is 2. The first-order valence-electron chi connectivity index (χ1n) is 10.2. The van der Waals surface area contributed by atoms with Crippen LogP contribution in [-0.4, -0.2) is 28.1 Å². The zero-order valence-electron chi connectivity index (χ0n) is 16.5. The van der Waals surface area contributed by atoms with Crippen LogP contribution in [-0.2, 0) is 4.79 Å². The van der Waals surface area contributed by atoms with Gasteiger partial charge >= 0.3 is 0 Å². The Morgan fingerprint density at radius 1 is 1.00 bits per heavy atom. The van der Waals surface area contributed by atoms with Gasteiger partial charge in [0.05, 0.1) is 11.5 Å². The van der Waals surface area contributed by atoms with E-state index < -0.39 is 5.66 Å². The number of anilines is 1. The van der Waals surface area contributed by atoms with Gasteiger partial charge in [-0.3, -0.25) is 9.79 Å². The second kappa shape index (κ2) is 9.31. The first kappa shape index (κ1) is 21.1. The quantitative estimate of drug-likeness (QED) is 0.620. The molecule has 30 heavy (non-hydrogen) atoms. The Hall–Kier alpha value is -2.18. The molecule has 0 bridgehead atoms. The molecule has 1 fully saturated rings. The normalized spacial score (nSPS) is 17.9. The van der Waals surface area contributed by atoms with Crippen molar-refractivity contribution in [2.45, 2.75) is 44.2 Å². The molecule has 1 aliphatic heterocycles. The van der Waals surface area contributed by atoms with E-state index in [1.54, 1.807) is 12.1 Å². The van der Waals surface area contributed by atoms with E-state index in [1.165, 1.54) is 36.7 Å². The summed E-state index contributed by atoms with van der Waals surface area (Å²) < 4.78 is 13.1. The molecule has 4 nitrogen and oxygen atoms in total. The average Bonchev–Trinajstić information content (AvgIpc) is 2.93. The number of benzene rings is 2. The predicted molar refractivity (Wildman–Crippen MR) is 123 cm³/mol. The molecular weight excluding hydrogens is 421 g/mol. The smallest absolute Gasteiger partial charge is 0.234 e. The first-order chi connectivity index (χ1) is 14.5. The summed E-state index contributed by atoms with van der Waals surface area (Å²) in [5.41, 5.74) is 1.97. The van der Waals surface area contributed by atoms with Gasteiger partial charge in [0.25, 0.3) is 0 Å². The van der Waals surface area contributed by atoms with Gasteiger partial charge in [0, 0.05) is 16.3 Å². The topological polar surface area (TPSA) is 53.8 Å². The van der Waals surface area contributed by atoms with Crippen LogP contribution in [0.1, 0.15) is 44.1 Å². The lowest BCUT2D eigenvalue weighted by atomic mass is 10.0. The Labute approximate surface area is 185 Å². The average molecular weight is 444 g/mol. The summed E-state index contributed by atoms with van der Waals surface area (Å²) in [7, 11) is 0. The van der Waals surface area contributed by atoms with Crippen LogP contribution >= 0.6 is 23.4 Å². The van der Waals surface area contributed by atoms with Crippen molar-refractivity contribution in [3.63, 3.8) is 0 Å². The van der Waals surface area contributed by atoms with Gasteiger partial charge in [-0.2, -0.15) is 0 Å². The van der Waals surface area contributed by atoms with Crippen molar-refractivity contribution in [2.75, 3.05) is 11.1 Å². The lowest BCUT2D eigenvalue weighted by molar-refractivity contribution is -0.113. The highest BCUT2D eigenvalue weighted by Crippen LogP contribution is 2.38. The van der Waals surface area contributed by atoms with Crippen molar-refractivity contribution in [2.24, 2.45) is 9.98 Å². The molecule has 0 unspecified atom stereocenters. The second-order valence-corrected chi connectivity index (χ2v) is 9.03. The number of thioether (sulfide) groups is 1. The van der Waals surface area contributed by atoms with Crippen LogP contribution < -0.4 is 5.32 Å². The molecular formula is C23H23ClFN3OS. The predicted octanol–water partition coefficient (Wildman–Crippen LogP) is 6.10. The van der Waals surface area contributed by atoms with Crippen LogP contribution in [0.4, 0.5) is 10.1 Å². The van der Waals surface area contributed by atoms with Crippen LogP contribution in [0.2, 0.25) is 5.02 Å². The van der Waals surface area contributed by atoms with E-state index in [0.29, 0.717) is 10.7 Å². The summed E-state index contributed by atoms with van der Waals surface area (Å²) in [6.07, 6.45) is 6.54. The molecule has 7 heteroatoms. The van der Waals surface area contributed by atoms with E-state index in [2.05, 4.69) is 5.32 Å². The maximum absolute atomic E-state index is 13.1. The maximum atomic E-state index is 13.1. The number of hydrogen-bond donors (Lipinski definition) is 1. The van der Waals surface area contributed by atoms with Crippen molar-refractivity contribution in [1.82, 2.24) is 0 Å². The van der Waals surface area contributed by atoms with Gasteiger partial charge in [0.1, 0.15) is 10.9 Å². The third-order valence-electron chi connectivity index (χ3n) is 5.32. The van der Waals surface area contributed by atoms with Crippen molar-refractivity contribution in [3.8, 4) is 0 Å². The standard InChI is InChI=1S/C23H23ClFN3OS/c24-17-7-5-16(6-8-17)21-22(28-23(27-21)13-3-1-2-4-14-23)30-15-20(29)26-19-11-9-18(25)10-12-19/h5-12H,1-4,13-15H2,(H,26,29). The number of carbonyl (C=O) groups is 1. The van der Waals surface area contributed by atoms with Crippen LogP contribution in [0, 0.1) is 5.82 Å². The van der Waals surface area contributed by atoms with Gasteiger partial charge in [-0.05, 0) is 62.1 Å². The van der Waals surface area contributed by atoms with E-state index in [-0.39, 0.29) is 17.5 Å². The molecule has 2 aromatic rings. The molecule has 0 saturated heterocycles. The van der Waals surface area contributed by atoms with Crippen LogP contribution in [0.3, 0.4) is 0 Å². The molecule has 1 amide bonds. The molecule has 4 rings (SSSR count). The maximum Gasteiger partial charge on any atom is 0.234 e. The summed E-state index contributed by atoms with van der Waals surface area (Å²) in [6.45, 7) is 0. The molecule has 156 valence electrons. The lowest BCUT2D eigenvalue weighted by Gasteiger charge is -2.20. The van der Waals surface area contributed by atoms with Crippen molar-refractivity contribution in [1.29, 1.82) is 0 Å². The zero-order chi connectivity index (χ0) is 21.0. The molecule has 0 radical (unpaired) electrons. The Morgan fingerprint density at radius 3 is 2.33 bits per heavy atom. The Morgan fingerprint density at radius 2 is 1.67 bits per heavy atom. The van der Waals surface area contributed by atoms with E-state index >= 15 is 0 Å². The number of halogens is 2. The molecule has 1 heterocycles. The van der Waals surface area contributed by atoms with E-state index in [0.717, 1.165) is 42.0 Å². The van der Waals surface area contributed by atoms with Gasteiger partial charge in [-0.25, -0.2) is 9.38 Å². The number of amides is 1. The first-order valence-corrected chi connectivity index (χ1v) is 11.5. The third kappa shape index (κ3) is 5.10. The summed E-state index contributed by atoms with van der Waals surface area (Å²) in [4.78, 5) is 22.5. The highest BCUT2D eigenvalue weighted by molar-refractivity contribution is 8.16. The van der Waals surface area contributed by atoms with Gasteiger partial charge in [-0.1, -0.05) is 48.3 Å². The number of carbonyl (C=O) groups excluding carboxylic acids is 1. The minimum atomic E-state index is -0.402. The third-order valence-corrected chi connectivity index (χ3v) is 6.54. The molecule has 1 N–H and O–H groups in total. The fraction of sp³-hybridized carbons (Fsp3) is 0.348. The number of hydrogen-bond acceptors (Lipinski definition) is 4. The monoisotopic (exact) mass is 443 g/mol. The number of rotatable bonds is 4. The molecule has 1 saturated carbocycles. The van der Waals surface area contributed by atoms with E-state index in [1.807, 2.05) is 24.3 Å². The van der Waals surface area contributed by atoms with Crippen LogP contribution in [0.5, 0.6) is 0 Å². The zero-order valence-corrected chi connectivity index (χ0v) is 18.1. The fourth-order valence-corrected chi connectivity index (χ4v) is 4.80.